The summed E-state index contributed by atoms with van der Waals surface area (Å²) in [6.07, 6.45) is 0. The zero-order chi connectivity index (χ0) is 18.6. The van der Waals surface area contributed by atoms with Crippen LogP contribution in [0.3, 0.4) is 0 Å². The molecule has 4 rings (SSSR count). The summed E-state index contributed by atoms with van der Waals surface area (Å²) in [6.45, 7) is 1.61. The fraction of sp³-hybridized carbons (Fsp3) is 0.211. The van der Waals surface area contributed by atoms with Crippen LogP contribution in [0.1, 0.15) is 0 Å². The number of thioether (sulfide) groups is 1. The van der Waals surface area contributed by atoms with Gasteiger partial charge < -0.3 is 15.0 Å². The summed E-state index contributed by atoms with van der Waals surface area (Å²) in [6, 6.07) is 17.3. The van der Waals surface area contributed by atoms with Crippen molar-refractivity contribution in [2.45, 2.75) is 11.7 Å². The Labute approximate surface area is 161 Å². The number of nitrogens with one attached hydrogen (secondary N) is 1. The third kappa shape index (κ3) is 3.75. The van der Waals surface area contributed by atoms with E-state index in [0.717, 1.165) is 41.3 Å². The van der Waals surface area contributed by atoms with E-state index < -0.39 is 0 Å². The topological polar surface area (TPSA) is 72.3 Å². The molecule has 0 saturated carbocycles. The van der Waals surface area contributed by atoms with Crippen molar-refractivity contribution < 1.29 is 9.53 Å². The minimum atomic E-state index is -0.0615. The molecule has 138 valence electrons. The maximum atomic E-state index is 12.1. The Kier molecular flexibility index (Phi) is 4.97. The van der Waals surface area contributed by atoms with Crippen molar-refractivity contribution in [1.82, 2.24) is 14.8 Å². The number of carbonyl (C=O) groups excluding carboxylic acids is 1. The summed E-state index contributed by atoms with van der Waals surface area (Å²) >= 11 is 1.39. The first-order valence-electron chi connectivity index (χ1n) is 8.57. The molecule has 1 aromatic heterocycles. The maximum Gasteiger partial charge on any atom is 0.234 e. The van der Waals surface area contributed by atoms with Gasteiger partial charge in [0.05, 0.1) is 12.9 Å². The molecule has 1 amide bonds. The first-order valence-corrected chi connectivity index (χ1v) is 9.55. The van der Waals surface area contributed by atoms with Crippen LogP contribution in [0.2, 0.25) is 0 Å². The molecule has 0 radical (unpaired) electrons. The molecule has 0 spiro atoms. The van der Waals surface area contributed by atoms with Gasteiger partial charge in [0.15, 0.2) is 5.16 Å². The van der Waals surface area contributed by atoms with E-state index in [1.807, 2.05) is 59.2 Å². The van der Waals surface area contributed by atoms with Crippen LogP contribution in [0.15, 0.2) is 59.8 Å². The fourth-order valence-corrected chi connectivity index (χ4v) is 3.70. The lowest BCUT2D eigenvalue weighted by Crippen LogP contribution is -2.14. The van der Waals surface area contributed by atoms with E-state index >= 15 is 0 Å². The van der Waals surface area contributed by atoms with Crippen molar-refractivity contribution >= 4 is 35.0 Å². The number of hydrogen-bond donors (Lipinski definition) is 1. The molecule has 2 aromatic carbocycles. The Hall–Kier alpha value is -3.00. The van der Waals surface area contributed by atoms with Crippen molar-refractivity contribution in [2.24, 2.45) is 0 Å². The number of nitrogens with zero attached hydrogens (tertiary/aromatic N) is 4. The van der Waals surface area contributed by atoms with Crippen molar-refractivity contribution in [3.63, 3.8) is 0 Å². The van der Waals surface area contributed by atoms with Gasteiger partial charge in [-0.05, 0) is 36.4 Å². The number of methoxy groups -OCH3 is 1. The van der Waals surface area contributed by atoms with Crippen molar-refractivity contribution in [3.8, 4) is 5.75 Å². The standard InChI is InChI=1S/C19H19N5O2S/c1-26-16-9-7-15(8-10-16)23-11-12-24-18(23)21-22-19(24)27-13-17(25)20-14-5-3-2-4-6-14/h2-10H,11-13H2,1H3,(H,20,25). The highest BCUT2D eigenvalue weighted by Gasteiger charge is 2.26. The monoisotopic (exact) mass is 381 g/mol. The number of amides is 1. The first kappa shape index (κ1) is 17.4. The van der Waals surface area contributed by atoms with Gasteiger partial charge in [0, 0.05) is 24.5 Å². The molecule has 0 aliphatic carbocycles. The molecule has 2 heterocycles. The van der Waals surface area contributed by atoms with Gasteiger partial charge in [-0.3, -0.25) is 9.36 Å². The number of carbonyl (C=O) groups is 1. The van der Waals surface area contributed by atoms with Crippen LogP contribution in [-0.2, 0) is 11.3 Å². The molecule has 27 heavy (non-hydrogen) atoms. The number of para-hydroxylation sites is 1. The highest BCUT2D eigenvalue weighted by atomic mass is 32.2. The molecule has 0 fully saturated rings. The summed E-state index contributed by atoms with van der Waals surface area (Å²) in [4.78, 5) is 14.3. The Bertz CT molecular complexity index is 927. The molecular formula is C19H19N5O2S. The van der Waals surface area contributed by atoms with Crippen molar-refractivity contribution in [2.75, 3.05) is 29.6 Å². The van der Waals surface area contributed by atoms with Crippen LogP contribution >= 0.6 is 11.8 Å². The minimum Gasteiger partial charge on any atom is -0.497 e. The molecule has 0 atom stereocenters. The van der Waals surface area contributed by atoms with E-state index in [1.54, 1.807) is 7.11 Å². The minimum absolute atomic E-state index is 0.0615. The summed E-state index contributed by atoms with van der Waals surface area (Å²) in [7, 11) is 1.65. The quantitative estimate of drug-likeness (QED) is 0.661. The number of hydrogen-bond acceptors (Lipinski definition) is 6. The van der Waals surface area contributed by atoms with E-state index in [4.69, 9.17) is 4.74 Å². The molecule has 0 saturated heterocycles. The number of ether oxygens (including phenoxy) is 1. The lowest BCUT2D eigenvalue weighted by atomic mass is 10.3. The number of aromatic nitrogens is 3. The predicted octanol–water partition coefficient (Wildman–Crippen LogP) is 3.17. The fourth-order valence-electron chi connectivity index (χ4n) is 2.94. The average molecular weight is 381 g/mol. The van der Waals surface area contributed by atoms with E-state index in [1.165, 1.54) is 11.8 Å². The second kappa shape index (κ2) is 7.71. The first-order chi connectivity index (χ1) is 13.2. The Morgan fingerprint density at radius 1 is 1.11 bits per heavy atom. The largest absolute Gasteiger partial charge is 0.497 e. The van der Waals surface area contributed by atoms with Gasteiger partial charge in [-0.1, -0.05) is 30.0 Å². The lowest BCUT2D eigenvalue weighted by molar-refractivity contribution is -0.113. The second-order valence-corrected chi connectivity index (χ2v) is 6.93. The van der Waals surface area contributed by atoms with Crippen LogP contribution in [0, 0.1) is 0 Å². The maximum absolute atomic E-state index is 12.1. The molecule has 0 unspecified atom stereocenters. The number of anilines is 3. The molecule has 7 nitrogen and oxygen atoms in total. The lowest BCUT2D eigenvalue weighted by Gasteiger charge is -2.15. The number of fused-ring (bicyclic) bond motifs is 1. The zero-order valence-electron chi connectivity index (χ0n) is 14.8. The highest BCUT2D eigenvalue weighted by molar-refractivity contribution is 7.99. The smallest absolute Gasteiger partial charge is 0.234 e. The van der Waals surface area contributed by atoms with Crippen molar-refractivity contribution in [3.05, 3.63) is 54.6 Å². The third-order valence-corrected chi connectivity index (χ3v) is 5.23. The SMILES string of the molecule is COc1ccc(N2CCn3c(SCC(=O)Nc4ccccc4)nnc32)cc1. The highest BCUT2D eigenvalue weighted by Crippen LogP contribution is 2.32. The van der Waals surface area contributed by atoms with Crippen molar-refractivity contribution in [1.29, 1.82) is 0 Å². The van der Waals surface area contributed by atoms with E-state index in [-0.39, 0.29) is 11.7 Å². The van der Waals surface area contributed by atoms with Gasteiger partial charge in [-0.2, -0.15) is 0 Å². The normalized spacial score (nSPS) is 12.7. The van der Waals surface area contributed by atoms with Crippen LogP contribution in [0.4, 0.5) is 17.3 Å². The van der Waals surface area contributed by atoms with Crippen LogP contribution in [0.25, 0.3) is 0 Å². The Morgan fingerprint density at radius 3 is 2.63 bits per heavy atom. The molecule has 1 aliphatic rings. The third-order valence-electron chi connectivity index (χ3n) is 4.26. The molecule has 8 heteroatoms. The van der Waals surface area contributed by atoms with Crippen LogP contribution in [0.5, 0.6) is 5.75 Å². The summed E-state index contributed by atoms with van der Waals surface area (Å²) in [5.41, 5.74) is 1.83. The van der Waals surface area contributed by atoms with E-state index in [9.17, 15) is 4.79 Å². The molecular weight excluding hydrogens is 362 g/mol. The average Bonchev–Trinajstić information content (AvgIpc) is 3.29. The van der Waals surface area contributed by atoms with Gasteiger partial charge in [0.25, 0.3) is 0 Å². The number of rotatable bonds is 6. The van der Waals surface area contributed by atoms with Gasteiger partial charge in [-0.15, -0.1) is 10.2 Å². The van der Waals surface area contributed by atoms with Gasteiger partial charge >= 0.3 is 0 Å². The van der Waals surface area contributed by atoms with E-state index in [0.29, 0.717) is 0 Å². The Balaban J connectivity index is 1.41. The molecule has 1 aliphatic heterocycles. The molecule has 3 aromatic rings. The van der Waals surface area contributed by atoms with Crippen LogP contribution in [-0.4, -0.2) is 40.1 Å². The predicted molar refractivity (Wildman–Crippen MR) is 106 cm³/mol. The van der Waals surface area contributed by atoms with E-state index in [2.05, 4.69) is 20.4 Å². The summed E-state index contributed by atoms with van der Waals surface area (Å²) < 4.78 is 7.26. The van der Waals surface area contributed by atoms with Gasteiger partial charge in [0.1, 0.15) is 5.75 Å². The molecule has 1 N–H and O–H groups in total. The Morgan fingerprint density at radius 2 is 1.89 bits per heavy atom. The zero-order valence-corrected chi connectivity index (χ0v) is 15.6. The van der Waals surface area contributed by atoms with Gasteiger partial charge in [0.2, 0.25) is 11.9 Å². The van der Waals surface area contributed by atoms with Crippen LogP contribution < -0.4 is 15.0 Å². The number of benzene rings is 2. The van der Waals surface area contributed by atoms with Gasteiger partial charge in [-0.25, -0.2) is 0 Å². The molecule has 0 bridgehead atoms. The summed E-state index contributed by atoms with van der Waals surface area (Å²) in [5.74, 6) is 1.84. The summed E-state index contributed by atoms with van der Waals surface area (Å²) in [5, 5.41) is 12.2. The second-order valence-electron chi connectivity index (χ2n) is 5.99.